The lowest BCUT2D eigenvalue weighted by atomic mass is 10.1. The molecule has 1 fully saturated rings. The van der Waals surface area contributed by atoms with Gasteiger partial charge in [0.2, 0.25) is 11.8 Å². The van der Waals surface area contributed by atoms with E-state index in [0.717, 1.165) is 21.7 Å². The number of nitrogens with one attached hydrogen (secondary N) is 1. The molecule has 5 nitrogen and oxygen atoms in total. The van der Waals surface area contributed by atoms with Crippen LogP contribution >= 0.6 is 11.3 Å². The molecule has 1 aromatic carbocycles. The van der Waals surface area contributed by atoms with Crippen molar-refractivity contribution >= 4 is 34.9 Å². The maximum atomic E-state index is 12.4. The van der Waals surface area contributed by atoms with Crippen LogP contribution in [0.5, 0.6) is 0 Å². The number of anilines is 1. The van der Waals surface area contributed by atoms with Crippen molar-refractivity contribution in [2.24, 2.45) is 0 Å². The summed E-state index contributed by atoms with van der Waals surface area (Å²) in [7, 11) is 0. The quantitative estimate of drug-likeness (QED) is 0.786. The summed E-state index contributed by atoms with van der Waals surface area (Å²) in [5, 5.41) is 3.03. The molecule has 1 aliphatic rings. The van der Waals surface area contributed by atoms with E-state index in [1.807, 2.05) is 49.1 Å². The minimum atomic E-state index is -0.00913. The first-order chi connectivity index (χ1) is 13.4. The molecule has 2 heterocycles. The van der Waals surface area contributed by atoms with Crippen molar-refractivity contribution in [1.29, 1.82) is 0 Å². The molecule has 0 saturated carbocycles. The smallest absolute Gasteiger partial charge is 0.246 e. The first-order valence-corrected chi connectivity index (χ1v) is 10.4. The van der Waals surface area contributed by atoms with Gasteiger partial charge in [0.05, 0.1) is 6.54 Å². The predicted octanol–water partition coefficient (Wildman–Crippen LogP) is 3.47. The van der Waals surface area contributed by atoms with Crippen LogP contribution in [-0.4, -0.2) is 54.3 Å². The molecule has 1 N–H and O–H groups in total. The Kier molecular flexibility index (Phi) is 6.65. The Balaban J connectivity index is 1.46. The average Bonchev–Trinajstić information content (AvgIpc) is 3.09. The van der Waals surface area contributed by atoms with Gasteiger partial charge in [-0.2, -0.15) is 0 Å². The van der Waals surface area contributed by atoms with Gasteiger partial charge in [0.15, 0.2) is 0 Å². The van der Waals surface area contributed by atoms with E-state index in [1.54, 1.807) is 17.4 Å². The summed E-state index contributed by atoms with van der Waals surface area (Å²) >= 11 is 1.68. The number of carbonyl (C=O) groups excluding carboxylic acids is 2. The lowest BCUT2D eigenvalue weighted by Crippen LogP contribution is -2.50. The molecule has 148 valence electrons. The molecule has 28 heavy (non-hydrogen) atoms. The highest BCUT2D eigenvalue weighted by Gasteiger charge is 2.21. The minimum Gasteiger partial charge on any atom is -0.337 e. The first-order valence-electron chi connectivity index (χ1n) is 9.54. The molecule has 2 aromatic rings. The van der Waals surface area contributed by atoms with Crippen LogP contribution in [-0.2, 0) is 9.59 Å². The van der Waals surface area contributed by atoms with Crippen LogP contribution in [0.3, 0.4) is 0 Å². The summed E-state index contributed by atoms with van der Waals surface area (Å²) in [5.41, 5.74) is 3.03. The lowest BCUT2D eigenvalue weighted by molar-refractivity contribution is -0.127. The van der Waals surface area contributed by atoms with E-state index in [4.69, 9.17) is 0 Å². The fourth-order valence-electron chi connectivity index (χ4n) is 3.32. The summed E-state index contributed by atoms with van der Waals surface area (Å²) in [6.45, 7) is 9.10. The number of amides is 2. The summed E-state index contributed by atoms with van der Waals surface area (Å²) < 4.78 is 0. The van der Waals surface area contributed by atoms with Crippen molar-refractivity contribution in [3.05, 3.63) is 57.3 Å². The fourth-order valence-corrected chi connectivity index (χ4v) is 4.10. The largest absolute Gasteiger partial charge is 0.337 e. The van der Waals surface area contributed by atoms with Gasteiger partial charge in [-0.05, 0) is 50.1 Å². The highest BCUT2D eigenvalue weighted by molar-refractivity contribution is 7.12. The van der Waals surface area contributed by atoms with Crippen molar-refractivity contribution in [2.75, 3.05) is 38.0 Å². The normalized spacial score (nSPS) is 15.2. The molecule has 0 spiro atoms. The van der Waals surface area contributed by atoms with E-state index in [1.165, 1.54) is 4.88 Å². The first kappa shape index (κ1) is 20.3. The number of benzene rings is 1. The van der Waals surface area contributed by atoms with Crippen LogP contribution in [0.1, 0.15) is 20.9 Å². The number of hydrogen-bond acceptors (Lipinski definition) is 4. The van der Waals surface area contributed by atoms with Crippen molar-refractivity contribution in [2.45, 2.75) is 20.8 Å². The van der Waals surface area contributed by atoms with Gasteiger partial charge in [0, 0.05) is 47.7 Å². The Hall–Kier alpha value is -2.44. The van der Waals surface area contributed by atoms with Crippen LogP contribution in [0.15, 0.2) is 36.4 Å². The van der Waals surface area contributed by atoms with Gasteiger partial charge < -0.3 is 10.2 Å². The summed E-state index contributed by atoms with van der Waals surface area (Å²) in [5.74, 6) is 0.0239. The van der Waals surface area contributed by atoms with Crippen molar-refractivity contribution in [3.63, 3.8) is 0 Å². The highest BCUT2D eigenvalue weighted by Crippen LogP contribution is 2.19. The van der Waals surface area contributed by atoms with Crippen molar-refractivity contribution in [3.8, 4) is 0 Å². The number of thiophene rings is 1. The molecule has 0 unspecified atom stereocenters. The Bertz CT molecular complexity index is 859. The van der Waals surface area contributed by atoms with Crippen LogP contribution in [0.25, 0.3) is 6.08 Å². The van der Waals surface area contributed by atoms with E-state index in [9.17, 15) is 9.59 Å². The number of nitrogens with zero attached hydrogens (tertiary/aromatic N) is 2. The number of rotatable bonds is 5. The molecule has 1 aliphatic heterocycles. The van der Waals surface area contributed by atoms with E-state index in [2.05, 4.69) is 23.2 Å². The molecule has 6 heteroatoms. The second kappa shape index (κ2) is 9.17. The Morgan fingerprint density at radius 3 is 2.32 bits per heavy atom. The van der Waals surface area contributed by atoms with Gasteiger partial charge in [0.1, 0.15) is 0 Å². The zero-order valence-corrected chi connectivity index (χ0v) is 17.5. The number of aryl methyl sites for hydroxylation is 3. The number of para-hydroxylation sites is 1. The van der Waals surface area contributed by atoms with Crippen molar-refractivity contribution in [1.82, 2.24) is 9.80 Å². The average molecular weight is 398 g/mol. The third kappa shape index (κ3) is 5.30. The molecule has 0 atom stereocenters. The maximum Gasteiger partial charge on any atom is 0.246 e. The van der Waals surface area contributed by atoms with E-state index in [0.29, 0.717) is 32.7 Å². The van der Waals surface area contributed by atoms with Gasteiger partial charge >= 0.3 is 0 Å². The zero-order chi connectivity index (χ0) is 20.1. The maximum absolute atomic E-state index is 12.4. The van der Waals surface area contributed by atoms with Crippen molar-refractivity contribution < 1.29 is 9.59 Å². The standard InChI is InChI=1S/C22H27N3O2S/c1-16-5-4-6-17(2)22(16)23-20(26)15-24-11-13-25(14-12-24)21(27)10-9-19-8-7-18(3)28-19/h4-10H,11-15H2,1-3H3,(H,23,26)/b10-9+. The Morgan fingerprint density at radius 2 is 1.71 bits per heavy atom. The molecule has 1 aromatic heterocycles. The van der Waals surface area contributed by atoms with Crippen LogP contribution in [0.4, 0.5) is 5.69 Å². The Labute approximate surface area is 170 Å². The number of carbonyl (C=O) groups is 2. The number of piperazine rings is 1. The van der Waals surface area contributed by atoms with E-state index < -0.39 is 0 Å². The third-order valence-corrected chi connectivity index (χ3v) is 5.91. The predicted molar refractivity (Wildman–Crippen MR) is 116 cm³/mol. The van der Waals surface area contributed by atoms with Gasteiger partial charge in [0.25, 0.3) is 0 Å². The van der Waals surface area contributed by atoms with Crippen LogP contribution in [0.2, 0.25) is 0 Å². The van der Waals surface area contributed by atoms with E-state index >= 15 is 0 Å². The molecular weight excluding hydrogens is 370 g/mol. The monoisotopic (exact) mass is 397 g/mol. The SMILES string of the molecule is Cc1ccc(/C=C/C(=O)N2CCN(CC(=O)Nc3c(C)cccc3C)CC2)s1. The summed E-state index contributed by atoms with van der Waals surface area (Å²) in [4.78, 5) is 31.1. The van der Waals surface area contributed by atoms with Crippen LogP contribution < -0.4 is 5.32 Å². The van der Waals surface area contributed by atoms with Gasteiger partial charge in [-0.1, -0.05) is 18.2 Å². The molecule has 3 rings (SSSR count). The number of hydrogen-bond donors (Lipinski definition) is 1. The zero-order valence-electron chi connectivity index (χ0n) is 16.7. The summed E-state index contributed by atoms with van der Waals surface area (Å²) in [6.07, 6.45) is 3.53. The van der Waals surface area contributed by atoms with Crippen LogP contribution in [0, 0.1) is 20.8 Å². The lowest BCUT2D eigenvalue weighted by Gasteiger charge is -2.33. The van der Waals surface area contributed by atoms with Gasteiger partial charge in [-0.15, -0.1) is 11.3 Å². The minimum absolute atomic E-state index is 0.00913. The fraction of sp³-hybridized carbons (Fsp3) is 0.364. The Morgan fingerprint density at radius 1 is 1.04 bits per heavy atom. The molecular formula is C22H27N3O2S. The molecule has 0 aliphatic carbocycles. The molecule has 2 amide bonds. The molecule has 0 radical (unpaired) electrons. The highest BCUT2D eigenvalue weighted by atomic mass is 32.1. The van der Waals surface area contributed by atoms with E-state index in [-0.39, 0.29) is 11.8 Å². The third-order valence-electron chi connectivity index (χ3n) is 4.95. The second-order valence-electron chi connectivity index (χ2n) is 7.20. The molecule has 1 saturated heterocycles. The van der Waals surface area contributed by atoms with Gasteiger partial charge in [-0.25, -0.2) is 0 Å². The topological polar surface area (TPSA) is 52.7 Å². The van der Waals surface area contributed by atoms with Gasteiger partial charge in [-0.3, -0.25) is 14.5 Å². The molecule has 0 bridgehead atoms. The second-order valence-corrected chi connectivity index (χ2v) is 8.52. The summed E-state index contributed by atoms with van der Waals surface area (Å²) in [6, 6.07) is 10.1.